The van der Waals surface area contributed by atoms with Crippen LogP contribution in [0.15, 0.2) is 18.2 Å². The number of benzene rings is 1. The fourth-order valence-corrected chi connectivity index (χ4v) is 0.985. The zero-order valence-corrected chi connectivity index (χ0v) is 7.63. The molecule has 0 saturated carbocycles. The van der Waals surface area contributed by atoms with Gasteiger partial charge in [0.15, 0.2) is 11.6 Å². The number of alkyl halides is 2. The lowest BCUT2D eigenvalue weighted by molar-refractivity contribution is -0.166. The third kappa shape index (κ3) is 2.03. The molecular weight excluding hydrogens is 213 g/mol. The van der Waals surface area contributed by atoms with E-state index in [2.05, 4.69) is 4.74 Å². The van der Waals surface area contributed by atoms with Crippen molar-refractivity contribution in [1.82, 2.24) is 0 Å². The monoisotopic (exact) mass is 220 g/mol. The largest absolute Gasteiger partial charge is 0.494 e. The third-order valence-corrected chi connectivity index (χ3v) is 1.78. The summed E-state index contributed by atoms with van der Waals surface area (Å²) in [6.07, 6.45) is 0. The first-order valence-corrected chi connectivity index (χ1v) is 3.85. The Morgan fingerprint density at radius 3 is 2.47 bits per heavy atom. The summed E-state index contributed by atoms with van der Waals surface area (Å²) in [6.45, 7) is 0. The quantitative estimate of drug-likeness (QED) is 0.847. The Bertz CT molecular complexity index is 390. The predicted octanol–water partition coefficient (Wildman–Crippen LogP) is 2.01. The first-order chi connectivity index (χ1) is 6.89. The van der Waals surface area contributed by atoms with E-state index in [1.807, 2.05) is 0 Å². The standard InChI is InChI=1S/C9H7F3O3/c1-15-7-3-2-5(4-6(7)10)9(11,12)8(13)14/h2-4H,1H3,(H,13,14). The Morgan fingerprint density at radius 2 is 2.07 bits per heavy atom. The molecule has 15 heavy (non-hydrogen) atoms. The summed E-state index contributed by atoms with van der Waals surface area (Å²) in [5.74, 6) is -7.68. The normalized spacial score (nSPS) is 11.2. The lowest BCUT2D eigenvalue weighted by Crippen LogP contribution is -2.25. The van der Waals surface area contributed by atoms with Gasteiger partial charge in [-0.2, -0.15) is 8.78 Å². The van der Waals surface area contributed by atoms with Crippen LogP contribution in [-0.4, -0.2) is 18.2 Å². The maximum absolute atomic E-state index is 13.0. The van der Waals surface area contributed by atoms with Crippen LogP contribution in [0.1, 0.15) is 5.56 Å². The number of carbonyl (C=O) groups is 1. The van der Waals surface area contributed by atoms with E-state index in [1.54, 1.807) is 0 Å². The fourth-order valence-electron chi connectivity index (χ4n) is 0.985. The van der Waals surface area contributed by atoms with Crippen LogP contribution in [0, 0.1) is 5.82 Å². The predicted molar refractivity (Wildman–Crippen MR) is 44.5 cm³/mol. The van der Waals surface area contributed by atoms with Crippen LogP contribution < -0.4 is 4.74 Å². The number of carboxylic acids is 1. The molecule has 0 aliphatic heterocycles. The molecule has 1 aromatic rings. The summed E-state index contributed by atoms with van der Waals surface area (Å²) in [4.78, 5) is 10.2. The first kappa shape index (κ1) is 11.4. The molecule has 0 spiro atoms. The SMILES string of the molecule is COc1ccc(C(F)(F)C(=O)O)cc1F. The number of hydrogen-bond donors (Lipinski definition) is 1. The average Bonchev–Trinajstić information content (AvgIpc) is 2.17. The summed E-state index contributed by atoms with van der Waals surface area (Å²) in [5.41, 5.74) is -0.923. The molecule has 1 N–H and O–H groups in total. The Balaban J connectivity index is 3.18. The molecule has 3 nitrogen and oxygen atoms in total. The molecule has 0 aromatic heterocycles. The van der Waals surface area contributed by atoms with Crippen LogP contribution in [-0.2, 0) is 10.7 Å². The van der Waals surface area contributed by atoms with Gasteiger partial charge in [-0.15, -0.1) is 0 Å². The molecule has 0 unspecified atom stereocenters. The van der Waals surface area contributed by atoms with Crippen molar-refractivity contribution in [3.63, 3.8) is 0 Å². The van der Waals surface area contributed by atoms with Gasteiger partial charge in [0.05, 0.1) is 7.11 Å². The van der Waals surface area contributed by atoms with Gasteiger partial charge < -0.3 is 9.84 Å². The Morgan fingerprint density at radius 1 is 1.47 bits per heavy atom. The van der Waals surface area contributed by atoms with E-state index in [4.69, 9.17) is 5.11 Å². The second-order valence-corrected chi connectivity index (χ2v) is 2.73. The Labute approximate surface area is 83.1 Å². The molecule has 0 fully saturated rings. The second kappa shape index (κ2) is 3.80. The van der Waals surface area contributed by atoms with Crippen LogP contribution >= 0.6 is 0 Å². The topological polar surface area (TPSA) is 46.5 Å². The number of methoxy groups -OCH3 is 1. The van der Waals surface area contributed by atoms with Gasteiger partial charge in [-0.25, -0.2) is 9.18 Å². The molecule has 0 aliphatic carbocycles. The van der Waals surface area contributed by atoms with Gasteiger partial charge in [-0.3, -0.25) is 0 Å². The lowest BCUT2D eigenvalue weighted by atomic mass is 10.1. The highest BCUT2D eigenvalue weighted by Crippen LogP contribution is 2.30. The van der Waals surface area contributed by atoms with E-state index in [9.17, 15) is 18.0 Å². The molecule has 6 heteroatoms. The maximum Gasteiger partial charge on any atom is 0.379 e. The van der Waals surface area contributed by atoms with E-state index >= 15 is 0 Å². The zero-order valence-electron chi connectivity index (χ0n) is 7.63. The summed E-state index contributed by atoms with van der Waals surface area (Å²) < 4.78 is 43.3. The van der Waals surface area contributed by atoms with E-state index in [0.717, 1.165) is 12.1 Å². The molecular formula is C9H7F3O3. The zero-order chi connectivity index (χ0) is 11.6. The summed E-state index contributed by atoms with van der Waals surface area (Å²) >= 11 is 0. The van der Waals surface area contributed by atoms with Crippen molar-refractivity contribution in [3.05, 3.63) is 29.6 Å². The maximum atomic E-state index is 13.0. The summed E-state index contributed by atoms with van der Waals surface area (Å²) in [5, 5.41) is 8.21. The molecule has 0 bridgehead atoms. The van der Waals surface area contributed by atoms with Crippen molar-refractivity contribution in [3.8, 4) is 5.75 Å². The highest BCUT2D eigenvalue weighted by atomic mass is 19.3. The molecule has 0 atom stereocenters. The summed E-state index contributed by atoms with van der Waals surface area (Å²) in [6, 6.07) is 2.19. The molecule has 82 valence electrons. The van der Waals surface area contributed by atoms with Crippen molar-refractivity contribution >= 4 is 5.97 Å². The highest BCUT2D eigenvalue weighted by molar-refractivity contribution is 5.77. The Kier molecular flexibility index (Phi) is 2.88. The molecule has 1 rings (SSSR count). The van der Waals surface area contributed by atoms with Crippen LogP contribution in [0.5, 0.6) is 5.75 Å². The van der Waals surface area contributed by atoms with Crippen molar-refractivity contribution in [1.29, 1.82) is 0 Å². The van der Waals surface area contributed by atoms with Gasteiger partial charge in [-0.1, -0.05) is 0 Å². The van der Waals surface area contributed by atoms with Gasteiger partial charge in [0.1, 0.15) is 0 Å². The number of ether oxygens (including phenoxy) is 1. The molecule has 0 heterocycles. The van der Waals surface area contributed by atoms with E-state index < -0.39 is 23.3 Å². The van der Waals surface area contributed by atoms with Gasteiger partial charge in [0.25, 0.3) is 0 Å². The van der Waals surface area contributed by atoms with Crippen molar-refractivity contribution in [2.75, 3.05) is 7.11 Å². The average molecular weight is 220 g/mol. The van der Waals surface area contributed by atoms with Crippen LogP contribution in [0.4, 0.5) is 13.2 Å². The highest BCUT2D eigenvalue weighted by Gasteiger charge is 2.41. The van der Waals surface area contributed by atoms with Gasteiger partial charge >= 0.3 is 11.9 Å². The molecule has 1 aromatic carbocycles. The minimum atomic E-state index is -4.10. The van der Waals surface area contributed by atoms with Crippen molar-refractivity contribution in [2.45, 2.75) is 5.92 Å². The van der Waals surface area contributed by atoms with Crippen LogP contribution in [0.3, 0.4) is 0 Å². The minimum Gasteiger partial charge on any atom is -0.494 e. The van der Waals surface area contributed by atoms with E-state index in [0.29, 0.717) is 6.07 Å². The van der Waals surface area contributed by atoms with Gasteiger partial charge in [0, 0.05) is 5.56 Å². The number of aliphatic carboxylic acids is 1. The van der Waals surface area contributed by atoms with E-state index in [1.165, 1.54) is 7.11 Å². The Hall–Kier alpha value is -1.72. The minimum absolute atomic E-state index is 0.222. The molecule has 0 saturated heterocycles. The molecule has 0 radical (unpaired) electrons. The van der Waals surface area contributed by atoms with Gasteiger partial charge in [0.2, 0.25) is 0 Å². The number of halogens is 3. The second-order valence-electron chi connectivity index (χ2n) is 2.73. The number of rotatable bonds is 3. The van der Waals surface area contributed by atoms with Crippen LogP contribution in [0.2, 0.25) is 0 Å². The lowest BCUT2D eigenvalue weighted by Gasteiger charge is -2.12. The first-order valence-electron chi connectivity index (χ1n) is 3.85. The number of carboxylic acid groups (broad SMARTS) is 1. The smallest absolute Gasteiger partial charge is 0.379 e. The molecule has 0 amide bonds. The number of hydrogen-bond acceptors (Lipinski definition) is 2. The third-order valence-electron chi connectivity index (χ3n) is 1.78. The van der Waals surface area contributed by atoms with Crippen molar-refractivity contribution < 1.29 is 27.8 Å². The summed E-state index contributed by atoms with van der Waals surface area (Å²) in [7, 11) is 1.17. The van der Waals surface area contributed by atoms with Gasteiger partial charge in [-0.05, 0) is 18.2 Å². The molecule has 0 aliphatic rings. The van der Waals surface area contributed by atoms with Crippen LogP contribution in [0.25, 0.3) is 0 Å². The van der Waals surface area contributed by atoms with E-state index in [-0.39, 0.29) is 5.75 Å². The van der Waals surface area contributed by atoms with Crippen molar-refractivity contribution in [2.24, 2.45) is 0 Å². The fraction of sp³-hybridized carbons (Fsp3) is 0.222.